The molecule has 0 aliphatic carbocycles. The quantitative estimate of drug-likeness (QED) is 0.812. The van der Waals surface area contributed by atoms with Crippen LogP contribution in [0.25, 0.3) is 0 Å². The second-order valence-corrected chi connectivity index (χ2v) is 4.93. The van der Waals surface area contributed by atoms with Crippen LogP contribution in [0.5, 0.6) is 0 Å². The van der Waals surface area contributed by atoms with Gasteiger partial charge in [0.15, 0.2) is 5.82 Å². The zero-order valence-corrected chi connectivity index (χ0v) is 12.8. The summed E-state index contributed by atoms with van der Waals surface area (Å²) < 4.78 is 19.6. The first kappa shape index (κ1) is 15.3. The van der Waals surface area contributed by atoms with Gasteiger partial charge in [-0.3, -0.25) is 0 Å². The summed E-state index contributed by atoms with van der Waals surface area (Å²) in [5, 5.41) is 0. The molecule has 3 nitrogen and oxygen atoms in total. The number of methoxy groups -OCH3 is 1. The molecular weight excluding hydrogens is 319 g/mol. The number of nitrogens with zero attached hydrogens (tertiary/aromatic N) is 1. The Balaban J connectivity index is 3.09. The van der Waals surface area contributed by atoms with Gasteiger partial charge in [-0.1, -0.05) is 12.2 Å². The smallest absolute Gasteiger partial charge is 0.161 e. The first-order valence-corrected chi connectivity index (χ1v) is 6.74. The Morgan fingerprint density at radius 1 is 1.56 bits per heavy atom. The molecule has 0 heterocycles. The largest absolute Gasteiger partial charge is 0.389 e. The SMILES string of the molecule is CCN(CCOC)c1ccc(C(N)=S)c(Br)c1F. The highest BCUT2D eigenvalue weighted by Crippen LogP contribution is 2.29. The molecule has 0 aromatic heterocycles. The fraction of sp³-hybridized carbons (Fsp3) is 0.417. The number of ether oxygens (including phenoxy) is 1. The van der Waals surface area contributed by atoms with E-state index in [9.17, 15) is 4.39 Å². The third-order valence-corrected chi connectivity index (χ3v) is 3.61. The minimum atomic E-state index is -0.349. The number of hydrogen-bond acceptors (Lipinski definition) is 3. The number of rotatable bonds is 6. The van der Waals surface area contributed by atoms with Crippen LogP contribution < -0.4 is 10.6 Å². The van der Waals surface area contributed by atoms with Gasteiger partial charge in [-0.05, 0) is 35.0 Å². The first-order valence-electron chi connectivity index (χ1n) is 5.54. The average molecular weight is 335 g/mol. The highest BCUT2D eigenvalue weighted by atomic mass is 79.9. The molecule has 0 saturated heterocycles. The summed E-state index contributed by atoms with van der Waals surface area (Å²) in [7, 11) is 1.62. The predicted molar refractivity (Wildman–Crippen MR) is 79.8 cm³/mol. The van der Waals surface area contributed by atoms with Crippen molar-refractivity contribution in [2.45, 2.75) is 6.92 Å². The van der Waals surface area contributed by atoms with E-state index in [1.54, 1.807) is 19.2 Å². The van der Waals surface area contributed by atoms with Crippen LogP contribution in [-0.4, -0.2) is 31.8 Å². The lowest BCUT2D eigenvalue weighted by atomic mass is 10.2. The van der Waals surface area contributed by atoms with Crippen LogP contribution in [-0.2, 0) is 4.74 Å². The van der Waals surface area contributed by atoms with Gasteiger partial charge in [0.1, 0.15) is 4.99 Å². The molecular formula is C12H16BrFN2OS. The van der Waals surface area contributed by atoms with Gasteiger partial charge in [0, 0.05) is 25.8 Å². The maximum Gasteiger partial charge on any atom is 0.161 e. The minimum absolute atomic E-state index is 0.173. The fourth-order valence-corrected chi connectivity index (χ4v) is 2.47. The van der Waals surface area contributed by atoms with Gasteiger partial charge in [-0.25, -0.2) is 4.39 Å². The summed E-state index contributed by atoms with van der Waals surface area (Å²) in [6.07, 6.45) is 0. The lowest BCUT2D eigenvalue weighted by Gasteiger charge is -2.24. The predicted octanol–water partition coefficient (Wildman–Crippen LogP) is 2.70. The highest BCUT2D eigenvalue weighted by molar-refractivity contribution is 9.10. The molecule has 2 N–H and O–H groups in total. The van der Waals surface area contributed by atoms with Crippen molar-refractivity contribution in [2.24, 2.45) is 5.73 Å². The zero-order valence-electron chi connectivity index (χ0n) is 10.4. The van der Waals surface area contributed by atoms with Gasteiger partial charge >= 0.3 is 0 Å². The normalized spacial score (nSPS) is 10.4. The lowest BCUT2D eigenvalue weighted by molar-refractivity contribution is 0.205. The molecule has 1 aromatic rings. The van der Waals surface area contributed by atoms with Crippen LogP contribution in [0.2, 0.25) is 0 Å². The molecule has 0 radical (unpaired) electrons. The van der Waals surface area contributed by atoms with E-state index in [0.717, 1.165) is 0 Å². The summed E-state index contributed by atoms with van der Waals surface area (Å²) in [6.45, 7) is 3.83. The molecule has 0 bridgehead atoms. The number of benzene rings is 1. The van der Waals surface area contributed by atoms with E-state index in [-0.39, 0.29) is 10.8 Å². The van der Waals surface area contributed by atoms with Crippen molar-refractivity contribution in [1.82, 2.24) is 0 Å². The number of anilines is 1. The lowest BCUT2D eigenvalue weighted by Crippen LogP contribution is -2.28. The molecule has 0 saturated carbocycles. The molecule has 0 fully saturated rings. The summed E-state index contributed by atoms with van der Waals surface area (Å²) in [5.74, 6) is -0.349. The monoisotopic (exact) mass is 334 g/mol. The van der Waals surface area contributed by atoms with Crippen molar-refractivity contribution in [2.75, 3.05) is 31.7 Å². The Morgan fingerprint density at radius 2 is 2.22 bits per heavy atom. The fourth-order valence-electron chi connectivity index (χ4n) is 1.62. The van der Waals surface area contributed by atoms with E-state index in [1.807, 2.05) is 11.8 Å². The van der Waals surface area contributed by atoms with Gasteiger partial charge in [-0.15, -0.1) is 0 Å². The Labute approximate surface area is 120 Å². The van der Waals surface area contributed by atoms with Crippen LogP contribution in [0.1, 0.15) is 12.5 Å². The van der Waals surface area contributed by atoms with Gasteiger partial charge in [0.05, 0.1) is 16.8 Å². The van der Waals surface area contributed by atoms with E-state index < -0.39 is 0 Å². The summed E-state index contributed by atoms with van der Waals surface area (Å²) >= 11 is 8.06. The van der Waals surface area contributed by atoms with Crippen molar-refractivity contribution >= 4 is 38.8 Å². The van der Waals surface area contributed by atoms with Crippen LogP contribution in [0.4, 0.5) is 10.1 Å². The summed E-state index contributed by atoms with van der Waals surface area (Å²) in [5.41, 5.74) is 6.55. The molecule has 1 rings (SSSR count). The van der Waals surface area contributed by atoms with Gasteiger partial charge in [0.25, 0.3) is 0 Å². The van der Waals surface area contributed by atoms with Crippen LogP contribution in [0.3, 0.4) is 0 Å². The maximum atomic E-state index is 14.2. The molecule has 18 heavy (non-hydrogen) atoms. The molecule has 6 heteroatoms. The third-order valence-electron chi connectivity index (χ3n) is 2.62. The van der Waals surface area contributed by atoms with E-state index in [1.165, 1.54) is 0 Å². The number of hydrogen-bond donors (Lipinski definition) is 1. The number of halogens is 2. The molecule has 0 atom stereocenters. The van der Waals surface area contributed by atoms with Crippen molar-refractivity contribution in [3.8, 4) is 0 Å². The zero-order chi connectivity index (χ0) is 13.7. The maximum absolute atomic E-state index is 14.2. The molecule has 0 unspecified atom stereocenters. The molecule has 0 spiro atoms. The number of thiocarbonyl (C=S) groups is 1. The Bertz CT molecular complexity index is 442. The second kappa shape index (κ2) is 7.01. The number of nitrogens with two attached hydrogens (primary N) is 1. The van der Waals surface area contributed by atoms with Gasteiger partial charge in [-0.2, -0.15) is 0 Å². The Hall–Kier alpha value is -0.720. The van der Waals surface area contributed by atoms with Gasteiger partial charge < -0.3 is 15.4 Å². The summed E-state index contributed by atoms with van der Waals surface area (Å²) in [6, 6.07) is 3.41. The summed E-state index contributed by atoms with van der Waals surface area (Å²) in [4.78, 5) is 2.07. The average Bonchev–Trinajstić information content (AvgIpc) is 2.34. The van der Waals surface area contributed by atoms with E-state index >= 15 is 0 Å². The highest BCUT2D eigenvalue weighted by Gasteiger charge is 2.16. The van der Waals surface area contributed by atoms with Crippen LogP contribution in [0, 0.1) is 5.82 Å². The van der Waals surface area contributed by atoms with Crippen molar-refractivity contribution < 1.29 is 9.13 Å². The molecule has 0 amide bonds. The molecule has 100 valence electrons. The van der Waals surface area contributed by atoms with E-state index in [2.05, 4.69) is 15.9 Å². The molecule has 0 aliphatic rings. The van der Waals surface area contributed by atoms with Crippen LogP contribution in [0.15, 0.2) is 16.6 Å². The molecule has 0 aliphatic heterocycles. The Kier molecular flexibility index (Phi) is 5.98. The molecule has 1 aromatic carbocycles. The topological polar surface area (TPSA) is 38.5 Å². The standard InChI is InChI=1S/C12H16BrFN2OS/c1-3-16(6-7-17-2)9-5-4-8(12(15)18)10(13)11(9)14/h4-5H,3,6-7H2,1-2H3,(H2,15,18). The van der Waals surface area contributed by atoms with Crippen molar-refractivity contribution in [3.63, 3.8) is 0 Å². The minimum Gasteiger partial charge on any atom is -0.389 e. The first-order chi connectivity index (χ1) is 8.52. The van der Waals surface area contributed by atoms with Crippen molar-refractivity contribution in [1.29, 1.82) is 0 Å². The van der Waals surface area contributed by atoms with Crippen LogP contribution >= 0.6 is 28.1 Å². The van der Waals surface area contributed by atoms with E-state index in [0.29, 0.717) is 35.4 Å². The van der Waals surface area contributed by atoms with Gasteiger partial charge in [0.2, 0.25) is 0 Å². The second-order valence-electron chi connectivity index (χ2n) is 3.70. The Morgan fingerprint density at radius 3 is 2.72 bits per heavy atom. The third kappa shape index (κ3) is 3.40. The van der Waals surface area contributed by atoms with E-state index in [4.69, 9.17) is 22.7 Å². The number of likely N-dealkylation sites (N-methyl/N-ethyl adjacent to an activating group) is 1. The van der Waals surface area contributed by atoms with Crippen molar-refractivity contribution in [3.05, 3.63) is 28.0 Å².